The van der Waals surface area contributed by atoms with Crippen molar-refractivity contribution in [3.05, 3.63) is 0 Å². The van der Waals surface area contributed by atoms with Crippen molar-refractivity contribution in [2.24, 2.45) is 0 Å². The Bertz CT molecular complexity index is 245. The van der Waals surface area contributed by atoms with E-state index < -0.39 is 12.1 Å². The van der Waals surface area contributed by atoms with Crippen molar-refractivity contribution in [3.63, 3.8) is 0 Å². The Morgan fingerprint density at radius 1 is 0.900 bits per heavy atom. The minimum atomic E-state index is -4.88. The summed E-state index contributed by atoms with van der Waals surface area (Å²) >= 11 is 0.596. The van der Waals surface area contributed by atoms with Crippen molar-refractivity contribution in [2.45, 2.75) is 77.3 Å². The molecule has 0 aliphatic heterocycles. The number of carbonyl (C=O) groups excluding carboxylic acids is 1. The smallest absolute Gasteiger partial charge is 0.385 e. The third-order valence-corrected chi connectivity index (χ3v) is 3.67. The molecule has 0 saturated carbocycles. The van der Waals surface area contributed by atoms with Crippen molar-refractivity contribution >= 4 is 18.0 Å². The van der Waals surface area contributed by atoms with Crippen molar-refractivity contribution in [3.8, 4) is 0 Å². The summed E-state index contributed by atoms with van der Waals surface area (Å²) in [4.78, 5) is 10.4. The van der Waals surface area contributed by atoms with Crippen LogP contribution in [0.1, 0.15) is 71.1 Å². The highest BCUT2D eigenvalue weighted by atomic mass is 32.2. The lowest BCUT2D eigenvalue weighted by Gasteiger charge is -2.05. The number of carbonyl (C=O) groups is 1. The summed E-state index contributed by atoms with van der Waals surface area (Å²) in [7, 11) is 0. The number of halogens is 3. The highest BCUT2D eigenvalue weighted by Crippen LogP contribution is 2.20. The maximum atomic E-state index is 11.8. The quantitative estimate of drug-likeness (QED) is 0.343. The average molecular weight is 314 g/mol. The normalized spacial score (nSPS) is 11.6. The van der Waals surface area contributed by atoms with E-state index in [1.165, 1.54) is 44.9 Å². The summed E-state index contributed by atoms with van der Waals surface area (Å²) in [6, 6.07) is 0. The first-order chi connectivity index (χ1) is 9.48. The van der Waals surface area contributed by atoms with Crippen LogP contribution in [0.15, 0.2) is 0 Å². The summed E-state index contributed by atoms with van der Waals surface area (Å²) in [6.45, 7) is 2.20. The molecule has 0 aromatic carbocycles. The number of hydrogen-bond donors (Lipinski definition) is 0. The molecule has 0 saturated heterocycles. The van der Waals surface area contributed by atoms with Gasteiger partial charge in [0.1, 0.15) is 0 Å². The Kier molecular flexibility index (Phi) is 12.1. The van der Waals surface area contributed by atoms with Gasteiger partial charge in [-0.2, -0.15) is 13.2 Å². The van der Waals surface area contributed by atoms with Crippen LogP contribution in [0.5, 0.6) is 0 Å². The van der Waals surface area contributed by atoms with Crippen LogP contribution in [-0.4, -0.2) is 17.9 Å². The van der Waals surface area contributed by atoms with Crippen LogP contribution in [0.3, 0.4) is 0 Å². The maximum absolute atomic E-state index is 11.8. The Hall–Kier alpha value is -0.390. The molecule has 0 aliphatic rings. The van der Waals surface area contributed by atoms with E-state index in [4.69, 9.17) is 0 Å². The molecule has 0 unspecified atom stereocenters. The molecule has 0 N–H and O–H groups in total. The van der Waals surface area contributed by atoms with Gasteiger partial charge in [0, 0.05) is 5.75 Å². The summed E-state index contributed by atoms with van der Waals surface area (Å²) in [6.07, 6.45) is 6.86. The highest BCUT2D eigenvalue weighted by molar-refractivity contribution is 7.95. The van der Waals surface area contributed by atoms with E-state index in [9.17, 15) is 18.0 Å². The topological polar surface area (TPSA) is 26.3 Å². The molecule has 0 aromatic heterocycles. The number of rotatable bonds is 12. The molecule has 6 heteroatoms. The number of unbranched alkanes of at least 4 members (excludes halogenated alkanes) is 9. The van der Waals surface area contributed by atoms with E-state index in [-0.39, 0.29) is 0 Å². The van der Waals surface area contributed by atoms with E-state index in [2.05, 4.69) is 11.1 Å². The molecule has 0 aromatic rings. The Labute approximate surface area is 124 Å². The van der Waals surface area contributed by atoms with E-state index in [0.717, 1.165) is 19.3 Å². The first-order valence-corrected chi connectivity index (χ1v) is 8.30. The number of alkyl halides is 3. The van der Waals surface area contributed by atoms with Gasteiger partial charge in [-0.1, -0.05) is 64.7 Å². The predicted octanol–water partition coefficient (Wildman–Crippen LogP) is 5.66. The summed E-state index contributed by atoms with van der Waals surface area (Å²) in [5.41, 5.74) is 0. The Morgan fingerprint density at radius 3 is 1.80 bits per heavy atom. The minimum absolute atomic E-state index is 0.429. The minimum Gasteiger partial charge on any atom is -0.385 e. The first-order valence-electron chi connectivity index (χ1n) is 7.39. The van der Waals surface area contributed by atoms with Crippen LogP contribution in [-0.2, 0) is 8.98 Å². The standard InChI is InChI=1S/C14H25F3O2S/c1-2-3-4-5-6-7-8-9-10-11-12-20-19-13(18)14(15,16)17/h2-12H2,1H3. The van der Waals surface area contributed by atoms with Crippen LogP contribution >= 0.6 is 12.0 Å². The third kappa shape index (κ3) is 12.6. The molecule has 0 heterocycles. The van der Waals surface area contributed by atoms with Gasteiger partial charge >= 0.3 is 12.1 Å². The molecule has 0 amide bonds. The molecule has 120 valence electrons. The fraction of sp³-hybridized carbons (Fsp3) is 0.929. The van der Waals surface area contributed by atoms with Gasteiger partial charge in [0.05, 0.1) is 12.0 Å². The summed E-state index contributed by atoms with van der Waals surface area (Å²) in [5, 5.41) is 0. The van der Waals surface area contributed by atoms with Crippen molar-refractivity contribution < 1.29 is 22.1 Å². The van der Waals surface area contributed by atoms with Crippen molar-refractivity contribution in [2.75, 3.05) is 5.75 Å². The summed E-state index contributed by atoms with van der Waals surface area (Å²) in [5.74, 6) is -1.69. The SMILES string of the molecule is CCCCCCCCCCCCSOC(=O)C(F)(F)F. The molecule has 0 rings (SSSR count). The van der Waals surface area contributed by atoms with Crippen molar-refractivity contribution in [1.29, 1.82) is 0 Å². The van der Waals surface area contributed by atoms with E-state index in [1.807, 2.05) is 0 Å². The first kappa shape index (κ1) is 19.6. The Morgan fingerprint density at radius 2 is 1.35 bits per heavy atom. The second-order valence-corrected chi connectivity index (χ2v) is 5.68. The molecule has 0 radical (unpaired) electrons. The van der Waals surface area contributed by atoms with Gasteiger partial charge in [0.2, 0.25) is 0 Å². The molecule has 0 spiro atoms. The maximum Gasteiger partial charge on any atom is 0.492 e. The summed E-state index contributed by atoms with van der Waals surface area (Å²) < 4.78 is 39.4. The molecular formula is C14H25F3O2S. The molecular weight excluding hydrogens is 289 g/mol. The fourth-order valence-corrected chi connectivity index (χ4v) is 2.40. The van der Waals surface area contributed by atoms with Crippen LogP contribution in [0, 0.1) is 0 Å². The second-order valence-electron chi connectivity index (χ2n) is 4.87. The zero-order chi connectivity index (χ0) is 15.3. The van der Waals surface area contributed by atoms with Gasteiger partial charge in [0.15, 0.2) is 0 Å². The zero-order valence-electron chi connectivity index (χ0n) is 12.1. The Balaban J connectivity index is 3.16. The highest BCUT2D eigenvalue weighted by Gasteiger charge is 2.41. The van der Waals surface area contributed by atoms with Crippen LogP contribution in [0.25, 0.3) is 0 Å². The van der Waals surface area contributed by atoms with E-state index in [1.54, 1.807) is 0 Å². The predicted molar refractivity (Wildman–Crippen MR) is 76.4 cm³/mol. The van der Waals surface area contributed by atoms with Gasteiger partial charge in [-0.3, -0.25) is 0 Å². The van der Waals surface area contributed by atoms with Crippen LogP contribution in [0.4, 0.5) is 13.2 Å². The lowest BCUT2D eigenvalue weighted by Crippen LogP contribution is -2.23. The van der Waals surface area contributed by atoms with Crippen LogP contribution < -0.4 is 0 Å². The van der Waals surface area contributed by atoms with Gasteiger partial charge in [-0.25, -0.2) is 4.79 Å². The van der Waals surface area contributed by atoms with Gasteiger partial charge in [0.25, 0.3) is 0 Å². The van der Waals surface area contributed by atoms with E-state index >= 15 is 0 Å². The molecule has 20 heavy (non-hydrogen) atoms. The van der Waals surface area contributed by atoms with Gasteiger partial charge in [-0.05, 0) is 6.42 Å². The molecule has 0 bridgehead atoms. The molecule has 0 atom stereocenters. The van der Waals surface area contributed by atoms with Crippen LogP contribution in [0.2, 0.25) is 0 Å². The molecule has 2 nitrogen and oxygen atoms in total. The lowest BCUT2D eigenvalue weighted by atomic mass is 10.1. The second kappa shape index (κ2) is 12.4. The lowest BCUT2D eigenvalue weighted by molar-refractivity contribution is -0.188. The largest absolute Gasteiger partial charge is 0.492 e. The zero-order valence-corrected chi connectivity index (χ0v) is 13.0. The monoisotopic (exact) mass is 314 g/mol. The van der Waals surface area contributed by atoms with E-state index in [0.29, 0.717) is 17.8 Å². The molecule has 0 aliphatic carbocycles. The number of hydrogen-bond acceptors (Lipinski definition) is 3. The average Bonchev–Trinajstić information content (AvgIpc) is 2.38. The van der Waals surface area contributed by atoms with Gasteiger partial charge < -0.3 is 4.18 Å². The van der Waals surface area contributed by atoms with Gasteiger partial charge in [-0.15, -0.1) is 0 Å². The van der Waals surface area contributed by atoms with Crippen molar-refractivity contribution in [1.82, 2.24) is 0 Å². The third-order valence-electron chi connectivity index (χ3n) is 2.95. The molecule has 0 fully saturated rings. The fourth-order valence-electron chi connectivity index (χ4n) is 1.79.